The van der Waals surface area contributed by atoms with Crippen LogP contribution in [0.15, 0.2) is 0 Å². The summed E-state index contributed by atoms with van der Waals surface area (Å²) < 4.78 is 5.27. The molecule has 17 heavy (non-hydrogen) atoms. The zero-order chi connectivity index (χ0) is 12.4. The van der Waals surface area contributed by atoms with Gasteiger partial charge in [-0.3, -0.25) is 4.79 Å². The van der Waals surface area contributed by atoms with E-state index in [-0.39, 0.29) is 5.91 Å². The normalized spacial score (nSPS) is 26.0. The summed E-state index contributed by atoms with van der Waals surface area (Å²) in [4.78, 5) is 12.2. The van der Waals surface area contributed by atoms with Gasteiger partial charge in [0.05, 0.1) is 11.0 Å². The Morgan fingerprint density at radius 2 is 1.94 bits per heavy atom. The molecule has 0 unspecified atom stereocenters. The first-order valence-corrected chi connectivity index (χ1v) is 6.39. The molecule has 4 N–H and O–H groups in total. The summed E-state index contributed by atoms with van der Waals surface area (Å²) in [7, 11) is 0. The highest BCUT2D eigenvalue weighted by Gasteiger charge is 2.41. The van der Waals surface area contributed by atoms with E-state index in [1.165, 1.54) is 0 Å². The monoisotopic (exact) mass is 242 g/mol. The highest BCUT2D eigenvalue weighted by Crippen LogP contribution is 2.32. The van der Waals surface area contributed by atoms with Crippen molar-refractivity contribution < 1.29 is 14.6 Å². The maximum atomic E-state index is 12.2. The molecule has 0 aromatic rings. The van der Waals surface area contributed by atoms with Crippen molar-refractivity contribution in [2.45, 2.75) is 37.7 Å². The Bertz CT molecular complexity index is 283. The second-order valence-corrected chi connectivity index (χ2v) is 5.36. The van der Waals surface area contributed by atoms with E-state index in [9.17, 15) is 9.90 Å². The predicted octanol–water partition coefficient (Wildman–Crippen LogP) is -0.227. The number of ether oxygens (including phenoxy) is 1. The molecule has 1 heterocycles. The van der Waals surface area contributed by atoms with Gasteiger partial charge in [-0.1, -0.05) is 0 Å². The average Bonchev–Trinajstić information content (AvgIpc) is 2.34. The average molecular weight is 242 g/mol. The van der Waals surface area contributed by atoms with Gasteiger partial charge in [0.25, 0.3) is 0 Å². The lowest BCUT2D eigenvalue weighted by Crippen LogP contribution is -2.54. The molecule has 1 saturated heterocycles. The van der Waals surface area contributed by atoms with Crippen LogP contribution in [0.1, 0.15) is 32.1 Å². The number of rotatable bonds is 4. The van der Waals surface area contributed by atoms with Crippen LogP contribution in [-0.2, 0) is 9.53 Å². The lowest BCUT2D eigenvalue weighted by molar-refractivity contribution is -0.138. The van der Waals surface area contributed by atoms with Gasteiger partial charge in [0.1, 0.15) is 0 Å². The summed E-state index contributed by atoms with van der Waals surface area (Å²) in [6.45, 7) is 1.89. The molecular weight excluding hydrogens is 220 g/mol. The van der Waals surface area contributed by atoms with Crippen LogP contribution in [0.25, 0.3) is 0 Å². The molecule has 0 atom stereocenters. The number of carbonyl (C=O) groups excluding carboxylic acids is 1. The van der Waals surface area contributed by atoms with E-state index in [2.05, 4.69) is 5.32 Å². The van der Waals surface area contributed by atoms with Crippen molar-refractivity contribution in [3.05, 3.63) is 0 Å². The Morgan fingerprint density at radius 1 is 1.29 bits per heavy atom. The molecule has 0 radical (unpaired) electrons. The molecule has 0 bridgehead atoms. The third kappa shape index (κ3) is 2.61. The van der Waals surface area contributed by atoms with Crippen molar-refractivity contribution in [3.8, 4) is 0 Å². The van der Waals surface area contributed by atoms with E-state index in [4.69, 9.17) is 10.5 Å². The minimum Gasteiger partial charge on any atom is -0.388 e. The largest absolute Gasteiger partial charge is 0.388 e. The molecule has 2 aliphatic rings. The lowest BCUT2D eigenvalue weighted by Gasteiger charge is -2.39. The summed E-state index contributed by atoms with van der Waals surface area (Å²) in [5.41, 5.74) is 4.59. The van der Waals surface area contributed by atoms with Crippen molar-refractivity contribution in [1.82, 2.24) is 5.32 Å². The van der Waals surface area contributed by atoms with Crippen LogP contribution in [0.4, 0.5) is 0 Å². The van der Waals surface area contributed by atoms with E-state index >= 15 is 0 Å². The van der Waals surface area contributed by atoms with Gasteiger partial charge in [0.2, 0.25) is 5.91 Å². The van der Waals surface area contributed by atoms with E-state index in [1.54, 1.807) is 0 Å². The highest BCUT2D eigenvalue weighted by atomic mass is 16.5. The van der Waals surface area contributed by atoms with E-state index in [0.29, 0.717) is 39.1 Å². The summed E-state index contributed by atoms with van der Waals surface area (Å²) >= 11 is 0. The minimum absolute atomic E-state index is 0.0244. The molecule has 5 nitrogen and oxygen atoms in total. The molecule has 1 saturated carbocycles. The van der Waals surface area contributed by atoms with Crippen LogP contribution >= 0.6 is 0 Å². The summed E-state index contributed by atoms with van der Waals surface area (Å²) in [6.07, 6.45) is 3.96. The maximum absolute atomic E-state index is 12.2. The molecule has 0 aromatic carbocycles. The Balaban J connectivity index is 1.88. The summed E-state index contributed by atoms with van der Waals surface area (Å²) in [6, 6.07) is 0. The molecule has 2 fully saturated rings. The SMILES string of the molecule is NCC1(C(=O)NCC2(O)CCC2)CCOCC1. The van der Waals surface area contributed by atoms with Crippen LogP contribution in [-0.4, -0.2) is 42.9 Å². The second kappa shape index (κ2) is 4.92. The summed E-state index contributed by atoms with van der Waals surface area (Å²) in [5.74, 6) is -0.0244. The third-order valence-electron chi connectivity index (χ3n) is 4.18. The van der Waals surface area contributed by atoms with Crippen molar-refractivity contribution in [2.75, 3.05) is 26.3 Å². The van der Waals surface area contributed by atoms with Gasteiger partial charge < -0.3 is 20.9 Å². The van der Waals surface area contributed by atoms with Crippen LogP contribution < -0.4 is 11.1 Å². The van der Waals surface area contributed by atoms with Gasteiger partial charge >= 0.3 is 0 Å². The van der Waals surface area contributed by atoms with E-state index in [1.807, 2.05) is 0 Å². The van der Waals surface area contributed by atoms with Gasteiger partial charge in [0, 0.05) is 26.3 Å². The quantitative estimate of drug-likeness (QED) is 0.636. The zero-order valence-corrected chi connectivity index (χ0v) is 10.2. The van der Waals surface area contributed by atoms with Gasteiger partial charge in [-0.2, -0.15) is 0 Å². The second-order valence-electron chi connectivity index (χ2n) is 5.36. The first-order chi connectivity index (χ1) is 8.10. The molecule has 0 spiro atoms. The summed E-state index contributed by atoms with van der Waals surface area (Å²) in [5, 5.41) is 12.8. The van der Waals surface area contributed by atoms with Crippen LogP contribution in [0.5, 0.6) is 0 Å². The van der Waals surface area contributed by atoms with Crippen LogP contribution in [0, 0.1) is 5.41 Å². The van der Waals surface area contributed by atoms with Crippen molar-refractivity contribution in [2.24, 2.45) is 11.1 Å². The Hall–Kier alpha value is -0.650. The molecule has 1 amide bonds. The zero-order valence-electron chi connectivity index (χ0n) is 10.2. The topological polar surface area (TPSA) is 84.6 Å². The van der Waals surface area contributed by atoms with Crippen molar-refractivity contribution in [1.29, 1.82) is 0 Å². The first-order valence-electron chi connectivity index (χ1n) is 6.39. The Morgan fingerprint density at radius 3 is 2.41 bits per heavy atom. The highest BCUT2D eigenvalue weighted by molar-refractivity contribution is 5.83. The molecule has 2 rings (SSSR count). The smallest absolute Gasteiger partial charge is 0.227 e. The van der Waals surface area contributed by atoms with Gasteiger partial charge in [-0.05, 0) is 32.1 Å². The van der Waals surface area contributed by atoms with Gasteiger partial charge in [-0.15, -0.1) is 0 Å². The maximum Gasteiger partial charge on any atom is 0.227 e. The number of nitrogens with one attached hydrogen (secondary N) is 1. The van der Waals surface area contributed by atoms with Gasteiger partial charge in [0.15, 0.2) is 0 Å². The van der Waals surface area contributed by atoms with Crippen LogP contribution in [0.3, 0.4) is 0 Å². The Kier molecular flexibility index (Phi) is 3.70. The number of amides is 1. The standard InChI is InChI=1S/C12H22N2O3/c13-8-11(4-6-17-7-5-11)10(15)14-9-12(16)2-1-3-12/h16H,1-9,13H2,(H,14,15). The van der Waals surface area contributed by atoms with Crippen molar-refractivity contribution >= 4 is 5.91 Å². The molecule has 98 valence electrons. The number of hydrogen-bond acceptors (Lipinski definition) is 4. The fourth-order valence-electron chi connectivity index (χ4n) is 2.48. The minimum atomic E-state index is -0.670. The fraction of sp³-hybridized carbons (Fsp3) is 0.917. The van der Waals surface area contributed by atoms with Crippen molar-refractivity contribution in [3.63, 3.8) is 0 Å². The molecular formula is C12H22N2O3. The number of nitrogens with two attached hydrogens (primary N) is 1. The van der Waals surface area contributed by atoms with E-state index < -0.39 is 11.0 Å². The van der Waals surface area contributed by atoms with Crippen LogP contribution in [0.2, 0.25) is 0 Å². The number of aliphatic hydroxyl groups is 1. The fourth-order valence-corrected chi connectivity index (χ4v) is 2.48. The third-order valence-corrected chi connectivity index (χ3v) is 4.18. The molecule has 0 aromatic heterocycles. The lowest BCUT2D eigenvalue weighted by atomic mass is 9.77. The molecule has 5 heteroatoms. The molecule has 1 aliphatic heterocycles. The number of carbonyl (C=O) groups is 1. The van der Waals surface area contributed by atoms with E-state index in [0.717, 1.165) is 19.3 Å². The number of hydrogen-bond donors (Lipinski definition) is 3. The Labute approximate surface area is 102 Å². The van der Waals surface area contributed by atoms with Gasteiger partial charge in [-0.25, -0.2) is 0 Å². The first kappa shape index (κ1) is 12.8. The molecule has 1 aliphatic carbocycles. The predicted molar refractivity (Wildman–Crippen MR) is 63.4 cm³/mol.